The number of aliphatic hydroxyl groups excluding tert-OH is 6. The zero-order chi connectivity index (χ0) is 30.6. The molecule has 6 rings (SSSR count). The van der Waals surface area contributed by atoms with Crippen LogP contribution < -0.4 is 0 Å². The zero-order valence-corrected chi connectivity index (χ0v) is 26.0. The Bertz CT molecular complexity index is 938. The lowest BCUT2D eigenvalue weighted by Crippen LogP contribution is -2.55. The van der Waals surface area contributed by atoms with E-state index < -0.39 is 31.0 Å². The minimum Gasteiger partial charge on any atom is -0.394 e. The van der Waals surface area contributed by atoms with Gasteiger partial charge in [-0.05, 0) is 104 Å². The summed E-state index contributed by atoms with van der Waals surface area (Å²) in [6, 6.07) is 0. The van der Waals surface area contributed by atoms with Crippen molar-refractivity contribution >= 4 is 6.29 Å². The van der Waals surface area contributed by atoms with E-state index in [2.05, 4.69) is 27.7 Å². The van der Waals surface area contributed by atoms with Crippen LogP contribution in [0.25, 0.3) is 0 Å². The highest BCUT2D eigenvalue weighted by atomic mass is 16.7. The van der Waals surface area contributed by atoms with Crippen LogP contribution in [-0.2, 0) is 14.3 Å². The monoisotopic (exact) mass is 596 g/mol. The van der Waals surface area contributed by atoms with Gasteiger partial charge < -0.3 is 44.9 Å². The molecule has 6 N–H and O–H groups in total. The van der Waals surface area contributed by atoms with Gasteiger partial charge >= 0.3 is 0 Å². The highest BCUT2D eigenvalue weighted by Gasteiger charge is 2.69. The molecule has 4 saturated carbocycles. The number of fused-ring (bicyclic) bond motifs is 7. The maximum absolute atomic E-state index is 10.3. The summed E-state index contributed by atoms with van der Waals surface area (Å²) in [7, 11) is 0. The van der Waals surface area contributed by atoms with Gasteiger partial charge in [0.05, 0.1) is 25.4 Å². The lowest BCUT2D eigenvalue weighted by Gasteiger charge is -2.61. The molecule has 0 aromatic heterocycles. The van der Waals surface area contributed by atoms with Crippen LogP contribution in [0.15, 0.2) is 0 Å². The van der Waals surface area contributed by atoms with Crippen molar-refractivity contribution in [1.29, 1.82) is 0 Å². The standard InChI is InChI=1S/C27H44O3.C6H12O6/c1-16-7-12-27(29-15-16)17(2)24-23(30-27)14-22-20-6-5-18-13-19(28)8-10-25(18,3)21(20)9-11-26(22,24)4;7-1-3(9)5(11)6(12)4(10)2-8/h16-24,28H,5-15H2,1-4H3;1,3-6,8-12H,2H2/t16-,17+,18+,19+,20-,21+,22+,23+,24+,25+,26+,27-;3-,4+,5+,6+/m10/s1. The van der Waals surface area contributed by atoms with Crippen LogP contribution in [0.1, 0.15) is 91.9 Å². The third-order valence-corrected chi connectivity index (χ3v) is 13.3. The molecule has 6 aliphatic rings. The van der Waals surface area contributed by atoms with Crippen molar-refractivity contribution in [2.24, 2.45) is 52.3 Å². The molecule has 9 heteroatoms. The second-order valence-electron chi connectivity index (χ2n) is 15.5. The molecule has 0 radical (unpaired) electrons. The Hall–Kier alpha value is -0.650. The van der Waals surface area contributed by atoms with E-state index >= 15 is 0 Å². The number of rotatable bonds is 5. The normalized spacial score (nSPS) is 50.7. The van der Waals surface area contributed by atoms with Crippen molar-refractivity contribution in [2.45, 2.75) is 134 Å². The van der Waals surface area contributed by atoms with Crippen molar-refractivity contribution in [3.8, 4) is 0 Å². The van der Waals surface area contributed by atoms with Crippen LogP contribution in [0.4, 0.5) is 0 Å². The number of hydrogen-bond acceptors (Lipinski definition) is 9. The minimum atomic E-state index is -1.79. The van der Waals surface area contributed by atoms with E-state index in [0.29, 0.717) is 34.7 Å². The number of aliphatic hydroxyl groups is 6. The van der Waals surface area contributed by atoms with Crippen LogP contribution in [0.3, 0.4) is 0 Å². The fraction of sp³-hybridized carbons (Fsp3) is 0.970. The molecule has 242 valence electrons. The van der Waals surface area contributed by atoms with Gasteiger partial charge in [0.2, 0.25) is 0 Å². The smallest absolute Gasteiger partial charge is 0.171 e. The molecule has 16 atom stereocenters. The summed E-state index contributed by atoms with van der Waals surface area (Å²) in [4.78, 5) is 9.90. The van der Waals surface area contributed by atoms with E-state index in [4.69, 9.17) is 35.0 Å². The van der Waals surface area contributed by atoms with Crippen LogP contribution in [0, 0.1) is 52.3 Å². The zero-order valence-electron chi connectivity index (χ0n) is 26.0. The fourth-order valence-electron chi connectivity index (χ4n) is 10.9. The van der Waals surface area contributed by atoms with Gasteiger partial charge in [-0.15, -0.1) is 0 Å². The summed E-state index contributed by atoms with van der Waals surface area (Å²) in [5.41, 5.74) is 0.899. The third kappa shape index (κ3) is 5.42. The van der Waals surface area contributed by atoms with E-state index in [9.17, 15) is 9.90 Å². The van der Waals surface area contributed by atoms with E-state index in [-0.39, 0.29) is 18.2 Å². The lowest BCUT2D eigenvalue weighted by molar-refractivity contribution is -0.273. The molecule has 2 saturated heterocycles. The van der Waals surface area contributed by atoms with Gasteiger partial charge in [0, 0.05) is 12.3 Å². The summed E-state index contributed by atoms with van der Waals surface area (Å²) >= 11 is 0. The summed E-state index contributed by atoms with van der Waals surface area (Å²) in [5, 5.41) is 53.8. The molecule has 0 bridgehead atoms. The molecule has 0 amide bonds. The Kier molecular flexibility index (Phi) is 9.57. The number of carbonyl (C=O) groups excluding carboxylic acids is 1. The van der Waals surface area contributed by atoms with Gasteiger partial charge in [0.1, 0.15) is 24.4 Å². The molecule has 0 unspecified atom stereocenters. The highest BCUT2D eigenvalue weighted by molar-refractivity contribution is 5.56. The predicted octanol–water partition coefficient (Wildman–Crippen LogP) is 2.42. The van der Waals surface area contributed by atoms with Crippen molar-refractivity contribution in [1.82, 2.24) is 0 Å². The lowest BCUT2D eigenvalue weighted by atomic mass is 9.44. The molecule has 42 heavy (non-hydrogen) atoms. The van der Waals surface area contributed by atoms with E-state index in [1.165, 1.54) is 44.9 Å². The molecule has 0 aromatic carbocycles. The Balaban J connectivity index is 0.000000252. The van der Waals surface area contributed by atoms with E-state index in [1.54, 1.807) is 0 Å². The van der Waals surface area contributed by atoms with Gasteiger partial charge in [-0.2, -0.15) is 0 Å². The third-order valence-electron chi connectivity index (χ3n) is 13.3. The largest absolute Gasteiger partial charge is 0.394 e. The molecule has 9 nitrogen and oxygen atoms in total. The molecule has 4 aliphatic carbocycles. The maximum atomic E-state index is 10.3. The minimum absolute atomic E-state index is 0.0258. The Morgan fingerprint density at radius 2 is 1.60 bits per heavy atom. The molecule has 6 fully saturated rings. The Morgan fingerprint density at radius 3 is 2.24 bits per heavy atom. The molecule has 2 aliphatic heterocycles. The van der Waals surface area contributed by atoms with Gasteiger partial charge in [-0.25, -0.2) is 0 Å². The van der Waals surface area contributed by atoms with Gasteiger partial charge in [-0.3, -0.25) is 0 Å². The second-order valence-corrected chi connectivity index (χ2v) is 15.5. The summed E-state index contributed by atoms with van der Waals surface area (Å²) in [5.74, 6) is 4.93. The molecule has 0 aromatic rings. The van der Waals surface area contributed by atoms with Crippen molar-refractivity contribution in [3.05, 3.63) is 0 Å². The van der Waals surface area contributed by atoms with Crippen LogP contribution in [-0.4, -0.2) is 92.5 Å². The molecule has 1 spiro atoms. The first kappa shape index (κ1) is 32.7. The van der Waals surface area contributed by atoms with Gasteiger partial charge in [0.25, 0.3) is 0 Å². The first-order valence-corrected chi connectivity index (χ1v) is 16.6. The number of carbonyl (C=O) groups is 1. The van der Waals surface area contributed by atoms with Crippen molar-refractivity contribution < 1.29 is 44.9 Å². The van der Waals surface area contributed by atoms with E-state index in [0.717, 1.165) is 49.5 Å². The molecular weight excluding hydrogens is 540 g/mol. The first-order valence-electron chi connectivity index (χ1n) is 16.6. The fourth-order valence-corrected chi connectivity index (χ4v) is 10.9. The number of ether oxygens (including phenoxy) is 2. The van der Waals surface area contributed by atoms with Crippen LogP contribution in [0.2, 0.25) is 0 Å². The molecule has 2 heterocycles. The second kappa shape index (κ2) is 12.3. The predicted molar refractivity (Wildman–Crippen MR) is 155 cm³/mol. The van der Waals surface area contributed by atoms with E-state index in [1.807, 2.05) is 0 Å². The first-order chi connectivity index (χ1) is 19.8. The summed E-state index contributed by atoms with van der Waals surface area (Å²) in [6.07, 6.45) is 6.02. The van der Waals surface area contributed by atoms with Crippen molar-refractivity contribution in [2.75, 3.05) is 13.2 Å². The topological polar surface area (TPSA) is 157 Å². The summed E-state index contributed by atoms with van der Waals surface area (Å²) in [6.45, 7) is 10.1. The maximum Gasteiger partial charge on any atom is 0.171 e. The Labute approximate surface area is 251 Å². The highest BCUT2D eigenvalue weighted by Crippen LogP contribution is 2.71. The average Bonchev–Trinajstić information content (AvgIpc) is 3.43. The summed E-state index contributed by atoms with van der Waals surface area (Å²) < 4.78 is 13.4. The molecular formula is C33H56O9. The average molecular weight is 597 g/mol. The van der Waals surface area contributed by atoms with Crippen LogP contribution in [0.5, 0.6) is 0 Å². The number of hydrogen-bond donors (Lipinski definition) is 6. The van der Waals surface area contributed by atoms with Gasteiger partial charge in [-0.1, -0.05) is 27.7 Å². The quantitative estimate of drug-likeness (QED) is 0.262. The van der Waals surface area contributed by atoms with Gasteiger partial charge in [0.15, 0.2) is 12.1 Å². The number of aldehydes is 1. The van der Waals surface area contributed by atoms with Crippen LogP contribution >= 0.6 is 0 Å². The Morgan fingerprint density at radius 1 is 0.881 bits per heavy atom. The SMILES string of the molecule is C[C@@H]1CC[C@@]2(OC1)O[C@H]1C[C@H]3[C@@H]4CC[C@H]5C[C@@H](O)CC[C@]5(C)[C@H]4CC[C@]3(C)[C@H]1[C@@H]2C.O=C[C@H](O)[C@@H](O)[C@H](O)[C@H](O)CO. The van der Waals surface area contributed by atoms with Crippen molar-refractivity contribution in [3.63, 3.8) is 0 Å².